The Labute approximate surface area is 226 Å². The standard InChI is InChI=1S/C24H30Cl2N4O6S/c1-15(2)12-27-24(32)17(4)28(13-18-7-9-20(25)21(26)10-18)23(31)14-29(37(5,35)36)22-11-19(30(33)34)8-6-16(22)3/h6-11,15,17H,12-14H2,1-5H3,(H,27,32)/t17-/m0/s1. The molecule has 0 aliphatic carbocycles. The Hall–Kier alpha value is -2.89. The van der Waals surface area contributed by atoms with Crippen molar-refractivity contribution >= 4 is 56.4 Å². The highest BCUT2D eigenvalue weighted by Gasteiger charge is 2.31. The second-order valence-electron chi connectivity index (χ2n) is 9.08. The molecule has 0 unspecified atom stereocenters. The number of nitro benzene ring substituents is 1. The van der Waals surface area contributed by atoms with E-state index in [1.165, 1.54) is 24.0 Å². The molecule has 0 bridgehead atoms. The average Bonchev–Trinajstić information content (AvgIpc) is 2.80. The van der Waals surface area contributed by atoms with Gasteiger partial charge in [0.1, 0.15) is 12.6 Å². The van der Waals surface area contributed by atoms with Crippen LogP contribution in [0.3, 0.4) is 0 Å². The highest BCUT2D eigenvalue weighted by atomic mass is 35.5. The summed E-state index contributed by atoms with van der Waals surface area (Å²) >= 11 is 12.1. The van der Waals surface area contributed by atoms with Crippen molar-refractivity contribution in [3.05, 3.63) is 67.7 Å². The van der Waals surface area contributed by atoms with E-state index in [2.05, 4.69) is 5.32 Å². The molecule has 2 rings (SSSR count). The summed E-state index contributed by atoms with van der Waals surface area (Å²) in [5, 5.41) is 14.6. The van der Waals surface area contributed by atoms with Crippen LogP contribution >= 0.6 is 23.2 Å². The fraction of sp³-hybridized carbons (Fsp3) is 0.417. The molecule has 0 fully saturated rings. The number of rotatable bonds is 11. The molecule has 1 atom stereocenters. The SMILES string of the molecule is Cc1ccc([N+](=O)[O-])cc1N(CC(=O)N(Cc1ccc(Cl)c(Cl)c1)[C@@H](C)C(=O)NCC(C)C)S(C)(=O)=O. The lowest BCUT2D eigenvalue weighted by atomic mass is 10.1. The lowest BCUT2D eigenvalue weighted by molar-refractivity contribution is -0.384. The quantitative estimate of drug-likeness (QED) is 0.317. The zero-order chi connectivity index (χ0) is 28.1. The second kappa shape index (κ2) is 12.6. The van der Waals surface area contributed by atoms with Gasteiger partial charge in [0, 0.05) is 25.2 Å². The molecule has 37 heavy (non-hydrogen) atoms. The second-order valence-corrected chi connectivity index (χ2v) is 11.8. The summed E-state index contributed by atoms with van der Waals surface area (Å²) in [5.74, 6) is -0.929. The Kier molecular flexibility index (Phi) is 10.3. The van der Waals surface area contributed by atoms with Crippen molar-refractivity contribution in [3.63, 3.8) is 0 Å². The molecule has 0 spiro atoms. The summed E-state index contributed by atoms with van der Waals surface area (Å²) in [4.78, 5) is 38.3. The van der Waals surface area contributed by atoms with E-state index in [-0.39, 0.29) is 28.9 Å². The average molecular weight is 573 g/mol. The van der Waals surface area contributed by atoms with Crippen LogP contribution in [0.25, 0.3) is 0 Å². The summed E-state index contributed by atoms with van der Waals surface area (Å²) < 4.78 is 26.2. The van der Waals surface area contributed by atoms with Crippen molar-refractivity contribution in [2.24, 2.45) is 5.92 Å². The van der Waals surface area contributed by atoms with Crippen LogP contribution in [0, 0.1) is 23.0 Å². The number of carbonyl (C=O) groups is 2. The van der Waals surface area contributed by atoms with E-state index in [4.69, 9.17) is 23.2 Å². The van der Waals surface area contributed by atoms with Crippen LogP contribution < -0.4 is 9.62 Å². The molecule has 0 aliphatic rings. The number of halogens is 2. The van der Waals surface area contributed by atoms with Crippen molar-refractivity contribution in [1.29, 1.82) is 0 Å². The van der Waals surface area contributed by atoms with Crippen LogP contribution in [0.15, 0.2) is 36.4 Å². The topological polar surface area (TPSA) is 130 Å². The number of benzene rings is 2. The Balaban J connectivity index is 2.48. The summed E-state index contributed by atoms with van der Waals surface area (Å²) in [5.41, 5.74) is 0.665. The molecule has 0 saturated carbocycles. The van der Waals surface area contributed by atoms with Gasteiger partial charge in [-0.3, -0.25) is 24.0 Å². The van der Waals surface area contributed by atoms with Gasteiger partial charge in [-0.25, -0.2) is 8.42 Å². The van der Waals surface area contributed by atoms with Gasteiger partial charge < -0.3 is 10.2 Å². The van der Waals surface area contributed by atoms with Crippen LogP contribution in [-0.4, -0.2) is 55.4 Å². The lowest BCUT2D eigenvalue weighted by Gasteiger charge is -2.32. The Morgan fingerprint density at radius 3 is 2.27 bits per heavy atom. The van der Waals surface area contributed by atoms with Crippen LogP contribution in [-0.2, 0) is 26.2 Å². The van der Waals surface area contributed by atoms with E-state index >= 15 is 0 Å². The fourth-order valence-electron chi connectivity index (χ4n) is 3.44. The molecule has 202 valence electrons. The number of hydrogen-bond donors (Lipinski definition) is 1. The normalized spacial score (nSPS) is 12.2. The summed E-state index contributed by atoms with van der Waals surface area (Å²) in [7, 11) is -4.04. The van der Waals surface area contributed by atoms with Crippen molar-refractivity contribution in [1.82, 2.24) is 10.2 Å². The monoisotopic (exact) mass is 572 g/mol. The highest BCUT2D eigenvalue weighted by molar-refractivity contribution is 7.92. The number of anilines is 1. The summed E-state index contributed by atoms with van der Waals surface area (Å²) in [6.07, 6.45) is 0.903. The number of nitrogens with one attached hydrogen (secondary N) is 1. The molecule has 10 nitrogen and oxygen atoms in total. The third-order valence-electron chi connectivity index (χ3n) is 5.54. The molecule has 13 heteroatoms. The fourth-order valence-corrected chi connectivity index (χ4v) is 4.66. The molecule has 2 aromatic carbocycles. The van der Waals surface area contributed by atoms with Crippen molar-refractivity contribution in [2.75, 3.05) is 23.7 Å². The van der Waals surface area contributed by atoms with E-state index in [0.717, 1.165) is 16.6 Å². The van der Waals surface area contributed by atoms with E-state index in [9.17, 15) is 28.1 Å². The van der Waals surface area contributed by atoms with Gasteiger partial charge in [-0.15, -0.1) is 0 Å². The third-order valence-corrected chi connectivity index (χ3v) is 7.41. The first-order valence-electron chi connectivity index (χ1n) is 11.4. The van der Waals surface area contributed by atoms with Gasteiger partial charge >= 0.3 is 0 Å². The Morgan fingerprint density at radius 1 is 1.08 bits per heavy atom. The number of carbonyl (C=O) groups excluding carboxylic acids is 2. The van der Waals surface area contributed by atoms with E-state index < -0.39 is 39.3 Å². The summed E-state index contributed by atoms with van der Waals surface area (Å²) in [6.45, 7) is 6.62. The van der Waals surface area contributed by atoms with E-state index in [1.54, 1.807) is 25.1 Å². The lowest BCUT2D eigenvalue weighted by Crippen LogP contribution is -2.51. The van der Waals surface area contributed by atoms with Gasteiger partial charge in [-0.2, -0.15) is 0 Å². The predicted molar refractivity (Wildman–Crippen MR) is 144 cm³/mol. The molecular weight excluding hydrogens is 543 g/mol. The minimum Gasteiger partial charge on any atom is -0.354 e. The molecule has 2 aromatic rings. The zero-order valence-corrected chi connectivity index (χ0v) is 23.5. The smallest absolute Gasteiger partial charge is 0.271 e. The number of aryl methyl sites for hydroxylation is 1. The number of hydrogen-bond acceptors (Lipinski definition) is 6. The highest BCUT2D eigenvalue weighted by Crippen LogP contribution is 2.28. The molecule has 0 aliphatic heterocycles. The first-order chi connectivity index (χ1) is 17.1. The Morgan fingerprint density at radius 2 is 1.73 bits per heavy atom. The molecule has 0 aromatic heterocycles. The molecule has 0 radical (unpaired) electrons. The van der Waals surface area contributed by atoms with E-state index in [1.807, 2.05) is 13.8 Å². The van der Waals surface area contributed by atoms with Gasteiger partial charge in [-0.05, 0) is 43.0 Å². The van der Waals surface area contributed by atoms with Gasteiger partial charge in [-0.1, -0.05) is 49.2 Å². The minimum atomic E-state index is -4.04. The number of sulfonamides is 1. The number of nitrogens with zero attached hydrogens (tertiary/aromatic N) is 3. The zero-order valence-electron chi connectivity index (χ0n) is 21.2. The molecule has 0 saturated heterocycles. The van der Waals surface area contributed by atoms with Crippen LogP contribution in [0.5, 0.6) is 0 Å². The maximum Gasteiger partial charge on any atom is 0.271 e. The van der Waals surface area contributed by atoms with Crippen LogP contribution in [0.2, 0.25) is 10.0 Å². The van der Waals surface area contributed by atoms with Gasteiger partial charge in [0.05, 0.1) is 26.9 Å². The predicted octanol–water partition coefficient (Wildman–Crippen LogP) is 4.17. The first kappa shape index (κ1) is 30.3. The molecule has 2 amide bonds. The molecular formula is C24H30Cl2N4O6S. The number of amides is 2. The van der Waals surface area contributed by atoms with Gasteiger partial charge in [0.25, 0.3) is 5.69 Å². The Bertz CT molecular complexity index is 1290. The van der Waals surface area contributed by atoms with Gasteiger partial charge in [0.2, 0.25) is 21.8 Å². The summed E-state index contributed by atoms with van der Waals surface area (Å²) in [6, 6.07) is 7.55. The maximum atomic E-state index is 13.6. The molecule has 0 heterocycles. The maximum absolute atomic E-state index is 13.6. The van der Waals surface area contributed by atoms with Crippen molar-refractivity contribution < 1.29 is 22.9 Å². The van der Waals surface area contributed by atoms with Crippen LogP contribution in [0.1, 0.15) is 31.9 Å². The van der Waals surface area contributed by atoms with Gasteiger partial charge in [0.15, 0.2) is 0 Å². The number of non-ortho nitro benzene ring substituents is 1. The van der Waals surface area contributed by atoms with Crippen molar-refractivity contribution in [2.45, 2.75) is 40.3 Å². The molecule has 1 N–H and O–H groups in total. The third kappa shape index (κ3) is 8.31. The van der Waals surface area contributed by atoms with Crippen LogP contribution in [0.4, 0.5) is 11.4 Å². The number of nitro groups is 1. The first-order valence-corrected chi connectivity index (χ1v) is 14.0. The van der Waals surface area contributed by atoms with E-state index in [0.29, 0.717) is 22.7 Å². The minimum absolute atomic E-state index is 0.00329. The van der Waals surface area contributed by atoms with Crippen molar-refractivity contribution in [3.8, 4) is 0 Å². The largest absolute Gasteiger partial charge is 0.354 e.